The summed E-state index contributed by atoms with van der Waals surface area (Å²) in [7, 11) is 0. The molecule has 0 saturated carbocycles. The fraction of sp³-hybridized carbons (Fsp3) is 0.312. The molecule has 126 valence electrons. The van der Waals surface area contributed by atoms with Gasteiger partial charge in [0.05, 0.1) is 16.4 Å². The minimum atomic E-state index is -1.16. The van der Waals surface area contributed by atoms with E-state index in [0.29, 0.717) is 0 Å². The largest absolute Gasteiger partial charge is 0.493 e. The van der Waals surface area contributed by atoms with Crippen LogP contribution in [0.2, 0.25) is 5.02 Å². The Bertz CT molecular complexity index is 898. The predicted molar refractivity (Wildman–Crippen MR) is 84.2 cm³/mol. The van der Waals surface area contributed by atoms with Gasteiger partial charge in [-0.05, 0) is 12.5 Å². The van der Waals surface area contributed by atoms with Crippen LogP contribution in [0.1, 0.15) is 12.1 Å². The van der Waals surface area contributed by atoms with E-state index in [1.807, 2.05) is 0 Å². The standard InChI is InChI=1S/C16H13ClF2N2O3/c1-2-5-24-14-8-12(11(19)7-10(14)17)21-15(22)13-6-9(18)3-4-20(13)16(21)23/h1,7-9,22H,3-6H2. The summed E-state index contributed by atoms with van der Waals surface area (Å²) >= 11 is 5.89. The molecule has 8 heteroatoms. The summed E-state index contributed by atoms with van der Waals surface area (Å²) in [5.41, 5.74) is -0.760. The number of alkyl halides is 1. The number of aromatic nitrogens is 2. The molecule has 3 rings (SSSR count). The number of rotatable bonds is 3. The van der Waals surface area contributed by atoms with Gasteiger partial charge in [0.1, 0.15) is 24.3 Å². The Morgan fingerprint density at radius 2 is 2.25 bits per heavy atom. The smallest absolute Gasteiger partial charge is 0.336 e. The van der Waals surface area contributed by atoms with Crippen molar-refractivity contribution in [2.24, 2.45) is 0 Å². The third-order valence-electron chi connectivity index (χ3n) is 3.85. The van der Waals surface area contributed by atoms with Crippen molar-refractivity contribution in [2.75, 3.05) is 6.61 Å². The lowest BCUT2D eigenvalue weighted by molar-refractivity contribution is 0.265. The Morgan fingerprint density at radius 1 is 1.50 bits per heavy atom. The second kappa shape index (κ2) is 6.21. The van der Waals surface area contributed by atoms with Gasteiger partial charge in [-0.1, -0.05) is 17.5 Å². The number of aromatic hydroxyl groups is 1. The molecule has 1 atom stereocenters. The van der Waals surface area contributed by atoms with Gasteiger partial charge in [-0.25, -0.2) is 18.1 Å². The summed E-state index contributed by atoms with van der Waals surface area (Å²) in [4.78, 5) is 12.5. The van der Waals surface area contributed by atoms with E-state index in [1.165, 1.54) is 10.6 Å². The molecule has 0 saturated heterocycles. The Labute approximate surface area is 141 Å². The summed E-state index contributed by atoms with van der Waals surface area (Å²) in [5, 5.41) is 10.3. The van der Waals surface area contributed by atoms with Crippen LogP contribution in [0.25, 0.3) is 5.69 Å². The number of nitrogens with zero attached hydrogens (tertiary/aromatic N) is 2. The molecule has 0 spiro atoms. The van der Waals surface area contributed by atoms with Crippen LogP contribution in [0.4, 0.5) is 8.78 Å². The van der Waals surface area contributed by atoms with Crippen LogP contribution in [0.15, 0.2) is 16.9 Å². The Hall–Kier alpha value is -2.46. The first-order chi connectivity index (χ1) is 11.4. The second-order valence-corrected chi connectivity index (χ2v) is 5.76. The van der Waals surface area contributed by atoms with Gasteiger partial charge in [0.25, 0.3) is 0 Å². The molecule has 24 heavy (non-hydrogen) atoms. The predicted octanol–water partition coefficient (Wildman–Crippen LogP) is 2.43. The van der Waals surface area contributed by atoms with Crippen LogP contribution >= 0.6 is 11.6 Å². The van der Waals surface area contributed by atoms with E-state index < -0.39 is 23.6 Å². The highest BCUT2D eigenvalue weighted by molar-refractivity contribution is 6.32. The molecular weight excluding hydrogens is 342 g/mol. The number of terminal acetylenes is 1. The zero-order valence-corrected chi connectivity index (χ0v) is 13.2. The number of imidazole rings is 1. The van der Waals surface area contributed by atoms with Crippen molar-refractivity contribution in [3.05, 3.63) is 39.2 Å². The lowest BCUT2D eigenvalue weighted by atomic mass is 10.1. The molecule has 1 aromatic carbocycles. The lowest BCUT2D eigenvalue weighted by Gasteiger charge is -2.16. The maximum absolute atomic E-state index is 14.3. The minimum absolute atomic E-state index is 0.0215. The third kappa shape index (κ3) is 2.63. The van der Waals surface area contributed by atoms with Crippen LogP contribution in [0, 0.1) is 18.2 Å². The molecule has 2 heterocycles. The molecule has 1 aromatic heterocycles. The fourth-order valence-corrected chi connectivity index (χ4v) is 2.93. The number of halogens is 3. The van der Waals surface area contributed by atoms with Crippen molar-refractivity contribution < 1.29 is 18.6 Å². The van der Waals surface area contributed by atoms with Gasteiger partial charge in [0.15, 0.2) is 0 Å². The fourth-order valence-electron chi connectivity index (χ4n) is 2.73. The lowest BCUT2D eigenvalue weighted by Crippen LogP contribution is -2.29. The van der Waals surface area contributed by atoms with Crippen LogP contribution in [-0.2, 0) is 13.0 Å². The van der Waals surface area contributed by atoms with Crippen molar-refractivity contribution in [1.29, 1.82) is 0 Å². The average molecular weight is 355 g/mol. The van der Waals surface area contributed by atoms with Crippen molar-refractivity contribution >= 4 is 11.6 Å². The highest BCUT2D eigenvalue weighted by Gasteiger charge is 2.28. The maximum Gasteiger partial charge on any atom is 0.336 e. The van der Waals surface area contributed by atoms with Crippen molar-refractivity contribution in [3.63, 3.8) is 0 Å². The van der Waals surface area contributed by atoms with E-state index in [4.69, 9.17) is 22.8 Å². The van der Waals surface area contributed by atoms with Crippen molar-refractivity contribution in [2.45, 2.75) is 25.6 Å². The SMILES string of the molecule is C#CCOc1cc(-n2c(O)c3n(c2=O)CCC(F)C3)c(F)cc1Cl. The second-order valence-electron chi connectivity index (χ2n) is 5.36. The number of fused-ring (bicyclic) bond motifs is 1. The number of hydrogen-bond donors (Lipinski definition) is 1. The third-order valence-corrected chi connectivity index (χ3v) is 4.15. The highest BCUT2D eigenvalue weighted by atomic mass is 35.5. The summed E-state index contributed by atoms with van der Waals surface area (Å²) in [6, 6.07) is 2.14. The highest BCUT2D eigenvalue weighted by Crippen LogP contribution is 2.33. The molecule has 0 radical (unpaired) electrons. The first kappa shape index (κ1) is 16.4. The minimum Gasteiger partial charge on any atom is -0.493 e. The first-order valence-corrected chi connectivity index (χ1v) is 7.55. The van der Waals surface area contributed by atoms with Gasteiger partial charge in [-0.2, -0.15) is 0 Å². The Balaban J connectivity index is 2.17. The summed E-state index contributed by atoms with van der Waals surface area (Å²) in [6.07, 6.45) is 4.01. The maximum atomic E-state index is 14.3. The van der Waals surface area contributed by atoms with Gasteiger partial charge < -0.3 is 9.84 Å². The van der Waals surface area contributed by atoms with Crippen LogP contribution in [0.5, 0.6) is 11.6 Å². The summed E-state index contributed by atoms with van der Waals surface area (Å²) in [5.74, 6) is 0.998. The van der Waals surface area contributed by atoms with Crippen LogP contribution < -0.4 is 10.4 Å². The van der Waals surface area contributed by atoms with Gasteiger partial charge >= 0.3 is 5.69 Å². The summed E-state index contributed by atoms with van der Waals surface area (Å²) < 4.78 is 35.1. The number of benzene rings is 1. The van der Waals surface area contributed by atoms with Crippen LogP contribution in [0.3, 0.4) is 0 Å². The first-order valence-electron chi connectivity index (χ1n) is 7.17. The molecule has 1 aliphatic rings. The molecule has 0 fully saturated rings. The van der Waals surface area contributed by atoms with Gasteiger partial charge in [-0.3, -0.25) is 4.57 Å². The van der Waals surface area contributed by atoms with E-state index in [1.54, 1.807) is 0 Å². The van der Waals surface area contributed by atoms with Crippen LogP contribution in [-0.4, -0.2) is 27.0 Å². The molecule has 0 amide bonds. The molecule has 1 N–H and O–H groups in total. The van der Waals surface area contributed by atoms with Crippen molar-refractivity contribution in [1.82, 2.24) is 9.13 Å². The van der Waals surface area contributed by atoms with E-state index in [0.717, 1.165) is 10.6 Å². The molecule has 0 aliphatic carbocycles. The zero-order valence-electron chi connectivity index (χ0n) is 12.4. The van der Waals surface area contributed by atoms with E-state index in [9.17, 15) is 18.7 Å². The van der Waals surface area contributed by atoms with E-state index in [2.05, 4.69) is 5.92 Å². The van der Waals surface area contributed by atoms with Gasteiger partial charge in [0, 0.05) is 19.0 Å². The van der Waals surface area contributed by atoms with E-state index in [-0.39, 0.29) is 48.1 Å². The molecule has 1 unspecified atom stereocenters. The molecule has 1 aliphatic heterocycles. The molecule has 5 nitrogen and oxygen atoms in total. The van der Waals surface area contributed by atoms with Gasteiger partial charge in [-0.15, -0.1) is 6.42 Å². The normalized spacial score (nSPS) is 16.5. The zero-order chi connectivity index (χ0) is 17.4. The Kier molecular flexibility index (Phi) is 4.24. The molecule has 0 bridgehead atoms. The molecule has 2 aromatic rings. The number of hydrogen-bond acceptors (Lipinski definition) is 3. The van der Waals surface area contributed by atoms with Crippen molar-refractivity contribution in [3.8, 4) is 29.7 Å². The van der Waals surface area contributed by atoms with Gasteiger partial charge in [0.2, 0.25) is 5.88 Å². The average Bonchev–Trinajstić information content (AvgIpc) is 2.78. The Morgan fingerprint density at radius 3 is 2.96 bits per heavy atom. The summed E-state index contributed by atoms with van der Waals surface area (Å²) in [6.45, 7) is 0.0209. The van der Waals surface area contributed by atoms with E-state index >= 15 is 0 Å². The number of ether oxygens (including phenoxy) is 1. The monoisotopic (exact) mass is 354 g/mol. The topological polar surface area (TPSA) is 56.4 Å². The quantitative estimate of drug-likeness (QED) is 0.861. The molecular formula is C16H13ClF2N2O3.